The van der Waals surface area contributed by atoms with Gasteiger partial charge in [-0.15, -0.1) is 0 Å². The second-order valence-corrected chi connectivity index (χ2v) is 29.5. The number of imidazole rings is 3. The third-order valence-electron chi connectivity index (χ3n) is 21.3. The van der Waals surface area contributed by atoms with E-state index in [2.05, 4.69) is 290 Å². The van der Waals surface area contributed by atoms with Crippen molar-refractivity contribution in [1.82, 2.24) is 28.7 Å². The Morgan fingerprint density at radius 3 is 1.29 bits per heavy atom. The summed E-state index contributed by atoms with van der Waals surface area (Å²) in [6.07, 6.45) is 0. The number of aromatic amines is 1. The third kappa shape index (κ3) is 11.3. The molecule has 21 rings (SSSR count). The zero-order valence-electron chi connectivity index (χ0n) is 57.7. The predicted molar refractivity (Wildman–Crippen MR) is 442 cm³/mol. The highest BCUT2D eigenvalue weighted by atomic mass is 35.5. The summed E-state index contributed by atoms with van der Waals surface area (Å²) >= 11 is 19.5. The highest BCUT2D eigenvalue weighted by molar-refractivity contribution is 6.62. The van der Waals surface area contributed by atoms with Gasteiger partial charge in [0.2, 0.25) is 0 Å². The SMILES string of the molecule is CC1(C)OB(c2ccc3c(c2)c2cc(-c4ccc5ccccc5c4)ccc2c2nc4ccccc4n32)OC1(C)C.Clc1ccc(Cl)c(-c2cc(-c3ccc4ccccc4c3)ccc2-c2nc3ccccc3[nH]2)c1.Clc1ccc2c(c1)c1cc(-c3ccc4ccccc4c3)ccc1c1nc3ccccc3n21. The number of fused-ring (bicyclic) bond motifs is 20. The van der Waals surface area contributed by atoms with Gasteiger partial charge in [-0.25, -0.2) is 15.0 Å². The van der Waals surface area contributed by atoms with Crippen molar-refractivity contribution in [3.63, 3.8) is 0 Å². The number of halogens is 3. The Morgan fingerprint density at radius 1 is 0.314 bits per heavy atom. The van der Waals surface area contributed by atoms with E-state index in [0.29, 0.717) is 10.0 Å². The first-order chi connectivity index (χ1) is 51.2. The Hall–Kier alpha value is -11.7. The van der Waals surface area contributed by atoms with Crippen LogP contribution in [0, 0.1) is 0 Å². The maximum atomic E-state index is 6.66. The number of H-pyrrole nitrogens is 1. The maximum absolute atomic E-state index is 6.66. The molecule has 0 bridgehead atoms. The van der Waals surface area contributed by atoms with Crippen molar-refractivity contribution in [3.05, 3.63) is 324 Å². The Bertz CT molecular complexity index is 6910. The first-order valence-corrected chi connectivity index (χ1v) is 36.4. The summed E-state index contributed by atoms with van der Waals surface area (Å²) in [6, 6.07) is 108. The minimum absolute atomic E-state index is 0.400. The third-order valence-corrected chi connectivity index (χ3v) is 22.1. The van der Waals surface area contributed by atoms with Gasteiger partial charge in [0.25, 0.3) is 0 Å². The van der Waals surface area contributed by atoms with E-state index in [-0.39, 0.29) is 0 Å². The summed E-state index contributed by atoms with van der Waals surface area (Å²) in [5, 5.41) is 16.3. The quantitative estimate of drug-likeness (QED) is 0.133. The van der Waals surface area contributed by atoms with E-state index in [0.717, 1.165) is 126 Å². The second-order valence-electron chi connectivity index (χ2n) is 28.2. The number of nitrogens with zero attached hydrogens (tertiary/aromatic N) is 5. The van der Waals surface area contributed by atoms with Gasteiger partial charge < -0.3 is 14.3 Å². The molecule has 0 amide bonds. The maximum Gasteiger partial charge on any atom is 0.494 e. The van der Waals surface area contributed by atoms with Crippen LogP contribution in [0.5, 0.6) is 0 Å². The van der Waals surface area contributed by atoms with Crippen LogP contribution in [0.15, 0.2) is 309 Å². The van der Waals surface area contributed by atoms with Crippen molar-refractivity contribution in [3.8, 4) is 55.9 Å². The highest BCUT2D eigenvalue weighted by Gasteiger charge is 2.51. The van der Waals surface area contributed by atoms with Gasteiger partial charge >= 0.3 is 7.12 Å². The van der Waals surface area contributed by atoms with Crippen molar-refractivity contribution in [1.29, 1.82) is 0 Å². The number of aromatic nitrogens is 6. The van der Waals surface area contributed by atoms with Gasteiger partial charge in [0.1, 0.15) is 17.1 Å². The Balaban J connectivity index is 0.000000109. The summed E-state index contributed by atoms with van der Waals surface area (Å²) in [7, 11) is -0.427. The molecule has 1 aliphatic heterocycles. The normalized spacial score (nSPS) is 13.5. The van der Waals surface area contributed by atoms with E-state index >= 15 is 0 Å². The lowest BCUT2D eigenvalue weighted by Crippen LogP contribution is -2.41. The average molecular weight is 1410 g/mol. The van der Waals surface area contributed by atoms with Crippen LogP contribution in [0.1, 0.15) is 27.7 Å². The smallest absolute Gasteiger partial charge is 0.399 e. The van der Waals surface area contributed by atoms with E-state index in [4.69, 9.17) is 59.1 Å². The van der Waals surface area contributed by atoms with Gasteiger partial charge in [-0.1, -0.05) is 217 Å². The van der Waals surface area contributed by atoms with Gasteiger partial charge in [-0.2, -0.15) is 0 Å². The van der Waals surface area contributed by atoms with E-state index < -0.39 is 18.3 Å². The molecule has 8 nitrogen and oxygen atoms in total. The molecule has 502 valence electrons. The largest absolute Gasteiger partial charge is 0.494 e. The molecular formula is C93H64BCl3N6O2. The molecule has 0 atom stereocenters. The van der Waals surface area contributed by atoms with Crippen molar-refractivity contribution in [2.45, 2.75) is 38.9 Å². The first-order valence-electron chi connectivity index (χ1n) is 35.3. The number of hydrogen-bond acceptors (Lipinski definition) is 5. The van der Waals surface area contributed by atoms with Crippen LogP contribution in [0.2, 0.25) is 15.1 Å². The fourth-order valence-corrected chi connectivity index (χ4v) is 15.8. The summed E-state index contributed by atoms with van der Waals surface area (Å²) in [6.45, 7) is 8.39. The summed E-state index contributed by atoms with van der Waals surface area (Å²) in [5.74, 6) is 0.798. The molecule has 15 aromatic carbocycles. The molecule has 5 aromatic heterocycles. The van der Waals surface area contributed by atoms with Crippen LogP contribution >= 0.6 is 34.8 Å². The molecule has 1 N–H and O–H groups in total. The summed E-state index contributed by atoms with van der Waals surface area (Å²) in [4.78, 5) is 18.4. The lowest BCUT2D eigenvalue weighted by atomic mass is 9.78. The van der Waals surface area contributed by atoms with Crippen LogP contribution in [0.25, 0.3) is 176 Å². The predicted octanol–water partition coefficient (Wildman–Crippen LogP) is 25.2. The van der Waals surface area contributed by atoms with Gasteiger partial charge in [0, 0.05) is 47.7 Å². The number of hydrogen-bond donors (Lipinski definition) is 1. The van der Waals surface area contributed by atoms with Crippen molar-refractivity contribution in [2.24, 2.45) is 0 Å². The molecule has 1 saturated heterocycles. The number of benzene rings is 15. The van der Waals surface area contributed by atoms with E-state index in [9.17, 15) is 0 Å². The van der Waals surface area contributed by atoms with Gasteiger partial charge in [-0.3, -0.25) is 8.80 Å². The second kappa shape index (κ2) is 25.3. The number of para-hydroxylation sites is 6. The molecule has 1 aliphatic rings. The van der Waals surface area contributed by atoms with Crippen LogP contribution < -0.4 is 5.46 Å². The number of nitrogens with one attached hydrogen (secondary N) is 1. The van der Waals surface area contributed by atoms with Gasteiger partial charge in [-0.05, 0) is 243 Å². The van der Waals surface area contributed by atoms with Crippen molar-refractivity contribution < 1.29 is 9.31 Å². The van der Waals surface area contributed by atoms with Crippen LogP contribution in [-0.4, -0.2) is 47.1 Å². The molecule has 0 saturated carbocycles. The van der Waals surface area contributed by atoms with Crippen molar-refractivity contribution in [2.75, 3.05) is 0 Å². The standard InChI is InChI=1S/C35H29BN2O2.C29H18Cl2N2.C29H17ClN2/c1-34(2)35(3,4)40-36(39-34)26-16-18-31-29(21-26)28-20-25(24-14-13-22-9-5-6-10-23(22)19-24)15-17-27(28)33-37-30-11-7-8-12-32(30)38(31)33;30-22-12-14-26(31)25(17-22)24-16-21(20-10-9-18-5-1-2-6-19(18)15-20)11-13-23(24)29-32-27-7-3-4-8-28(27)33-29;30-22-12-14-27-25(17-22)24-16-21(20-10-9-18-5-1-2-6-19(18)15-20)11-13-23(24)29-31-26-7-3-4-8-28(26)32(27)29/h5-21H,1-4H3;1-17H,(H,32,33);1-17H. The van der Waals surface area contributed by atoms with Gasteiger partial charge in [0.15, 0.2) is 0 Å². The average Bonchev–Trinajstić information content (AvgIpc) is 1.62. The fourth-order valence-electron chi connectivity index (χ4n) is 15.2. The van der Waals surface area contributed by atoms with E-state index in [1.54, 1.807) is 6.07 Å². The minimum atomic E-state index is -0.427. The monoisotopic (exact) mass is 1410 g/mol. The van der Waals surface area contributed by atoms with Crippen LogP contribution in [0.4, 0.5) is 0 Å². The highest BCUT2D eigenvalue weighted by Crippen LogP contribution is 2.43. The molecule has 1 fully saturated rings. The van der Waals surface area contributed by atoms with Crippen LogP contribution in [-0.2, 0) is 9.31 Å². The van der Waals surface area contributed by atoms with Crippen molar-refractivity contribution >= 4 is 167 Å². The van der Waals surface area contributed by atoms with E-state index in [1.807, 2.05) is 54.6 Å². The Kier molecular flexibility index (Phi) is 15.5. The minimum Gasteiger partial charge on any atom is -0.399 e. The molecule has 0 unspecified atom stereocenters. The molecule has 12 heteroatoms. The molecule has 0 spiro atoms. The lowest BCUT2D eigenvalue weighted by Gasteiger charge is -2.32. The number of pyridine rings is 2. The molecule has 20 aromatic rings. The molecule has 6 heterocycles. The lowest BCUT2D eigenvalue weighted by molar-refractivity contribution is 0.00578. The van der Waals surface area contributed by atoms with Gasteiger partial charge in [0.05, 0.1) is 55.3 Å². The van der Waals surface area contributed by atoms with Crippen LogP contribution in [0.3, 0.4) is 0 Å². The van der Waals surface area contributed by atoms with E-state index in [1.165, 1.54) is 60.0 Å². The summed E-state index contributed by atoms with van der Waals surface area (Å²) < 4.78 is 17.4. The zero-order chi connectivity index (χ0) is 70.8. The Labute approximate surface area is 620 Å². The zero-order valence-corrected chi connectivity index (χ0v) is 60.0. The molecule has 0 aliphatic carbocycles. The summed E-state index contributed by atoms with van der Waals surface area (Å²) in [5.41, 5.74) is 20.4. The molecular weight excluding hydrogens is 1350 g/mol. The Morgan fingerprint density at radius 2 is 0.743 bits per heavy atom. The first kappa shape index (κ1) is 64.2. The number of rotatable bonds is 6. The molecule has 105 heavy (non-hydrogen) atoms. The topological polar surface area (TPSA) is 81.7 Å². The fraction of sp³-hybridized carbons (Fsp3) is 0.0645. The molecule has 0 radical (unpaired) electrons.